The van der Waals surface area contributed by atoms with Crippen LogP contribution in [0.5, 0.6) is 0 Å². The molecule has 0 unspecified atom stereocenters. The number of Topliss-reactive ketones (excluding diaryl/α,β-unsaturated/α-hetero) is 1. The first-order chi connectivity index (χ1) is 6.77. The molecule has 0 aliphatic rings. The van der Waals surface area contributed by atoms with E-state index in [2.05, 4.69) is 18.3 Å². The normalized spacial score (nSPS) is 10.4. The van der Waals surface area contributed by atoms with Gasteiger partial charge < -0.3 is 0 Å². The number of aromatic nitrogens is 4. The summed E-state index contributed by atoms with van der Waals surface area (Å²) in [6.07, 6.45) is 1.88. The van der Waals surface area contributed by atoms with Crippen molar-refractivity contribution in [2.45, 2.75) is 13.3 Å². The second-order valence-corrected chi connectivity index (χ2v) is 4.00. The van der Waals surface area contributed by atoms with Gasteiger partial charge >= 0.3 is 0 Å². The highest BCUT2D eigenvalue weighted by atomic mass is 32.1. The van der Waals surface area contributed by atoms with E-state index >= 15 is 0 Å². The molecular formula is C7H6N4OS2. The number of rotatable bonds is 3. The number of hydrogen-bond acceptors (Lipinski definition) is 7. The summed E-state index contributed by atoms with van der Waals surface area (Å²) in [5.41, 5.74) is 1.39. The molecule has 0 spiro atoms. The molecule has 14 heavy (non-hydrogen) atoms. The highest BCUT2D eigenvalue weighted by Crippen LogP contribution is 2.12. The minimum Gasteiger partial charge on any atom is -0.293 e. The molecule has 0 aromatic carbocycles. The van der Waals surface area contributed by atoms with Crippen LogP contribution in [0, 0.1) is 6.92 Å². The van der Waals surface area contributed by atoms with Gasteiger partial charge in [-0.05, 0) is 18.5 Å². The van der Waals surface area contributed by atoms with Crippen molar-refractivity contribution in [3.8, 4) is 0 Å². The van der Waals surface area contributed by atoms with Crippen LogP contribution in [0.2, 0.25) is 0 Å². The molecule has 7 heteroatoms. The Balaban J connectivity index is 2.14. The van der Waals surface area contributed by atoms with Crippen molar-refractivity contribution in [1.29, 1.82) is 0 Å². The molecule has 0 amide bonds. The third-order valence-corrected chi connectivity index (χ3v) is 3.04. The number of ketones is 1. The quantitative estimate of drug-likeness (QED) is 0.734. The predicted molar refractivity (Wildman–Crippen MR) is 52.6 cm³/mol. The van der Waals surface area contributed by atoms with Crippen LogP contribution in [0.4, 0.5) is 0 Å². The van der Waals surface area contributed by atoms with Crippen molar-refractivity contribution < 1.29 is 4.79 Å². The Morgan fingerprint density at radius 3 is 3.00 bits per heavy atom. The predicted octanol–water partition coefficient (Wildman–Crippen LogP) is 1.12. The zero-order valence-corrected chi connectivity index (χ0v) is 8.93. The van der Waals surface area contributed by atoms with Gasteiger partial charge in [0.2, 0.25) is 0 Å². The summed E-state index contributed by atoms with van der Waals surface area (Å²) in [5, 5.41) is 3.78. The van der Waals surface area contributed by atoms with Crippen molar-refractivity contribution in [2.24, 2.45) is 0 Å². The maximum atomic E-state index is 11.7. The Kier molecular flexibility index (Phi) is 2.60. The lowest BCUT2D eigenvalue weighted by atomic mass is 10.2. The average molecular weight is 226 g/mol. The molecule has 0 atom stereocenters. The molecule has 2 heterocycles. The number of carbonyl (C=O) groups excluding carboxylic acids is 1. The smallest absolute Gasteiger partial charge is 0.182 e. The van der Waals surface area contributed by atoms with Crippen molar-refractivity contribution in [1.82, 2.24) is 18.3 Å². The number of hydrogen-bond donors (Lipinski definition) is 0. The van der Waals surface area contributed by atoms with Gasteiger partial charge in [-0.1, -0.05) is 4.49 Å². The van der Waals surface area contributed by atoms with Gasteiger partial charge in [0.1, 0.15) is 4.88 Å². The van der Waals surface area contributed by atoms with Gasteiger partial charge in [-0.2, -0.15) is 8.75 Å². The van der Waals surface area contributed by atoms with Gasteiger partial charge in [0.25, 0.3) is 0 Å². The Bertz CT molecular complexity index is 436. The van der Waals surface area contributed by atoms with Gasteiger partial charge in [-0.25, -0.2) is 0 Å². The average Bonchev–Trinajstić information content (AvgIpc) is 2.75. The maximum Gasteiger partial charge on any atom is 0.182 e. The van der Waals surface area contributed by atoms with E-state index in [0.29, 0.717) is 16.3 Å². The summed E-state index contributed by atoms with van der Waals surface area (Å²) in [6.45, 7) is 1.77. The number of carbonyl (C=O) groups is 1. The van der Waals surface area contributed by atoms with Crippen molar-refractivity contribution in [3.63, 3.8) is 0 Å². The summed E-state index contributed by atoms with van der Waals surface area (Å²) in [6, 6.07) is 0. The van der Waals surface area contributed by atoms with Gasteiger partial charge in [0, 0.05) is 0 Å². The van der Waals surface area contributed by atoms with Crippen LogP contribution >= 0.6 is 23.3 Å². The molecule has 0 saturated carbocycles. The molecule has 0 radical (unpaired) electrons. The van der Waals surface area contributed by atoms with Gasteiger partial charge in [-0.3, -0.25) is 4.79 Å². The minimum atomic E-state index is 0.00481. The topological polar surface area (TPSA) is 68.6 Å². The van der Waals surface area contributed by atoms with Crippen molar-refractivity contribution >= 4 is 29.0 Å². The fourth-order valence-electron chi connectivity index (χ4n) is 0.993. The Morgan fingerprint density at radius 1 is 1.57 bits per heavy atom. The van der Waals surface area contributed by atoms with Crippen molar-refractivity contribution in [3.05, 3.63) is 22.5 Å². The molecule has 0 fully saturated rings. The van der Waals surface area contributed by atoms with Crippen LogP contribution in [0.3, 0.4) is 0 Å². The van der Waals surface area contributed by atoms with E-state index in [9.17, 15) is 4.79 Å². The Labute approximate surface area is 88.3 Å². The highest BCUT2D eigenvalue weighted by molar-refractivity contribution is 7.08. The molecule has 2 aromatic rings. The van der Waals surface area contributed by atoms with E-state index in [-0.39, 0.29) is 12.2 Å². The summed E-state index contributed by atoms with van der Waals surface area (Å²) in [4.78, 5) is 12.3. The molecule has 0 aliphatic heterocycles. The van der Waals surface area contributed by atoms with Crippen LogP contribution in [0.25, 0.3) is 0 Å². The van der Waals surface area contributed by atoms with Gasteiger partial charge in [-0.15, -0.1) is 5.10 Å². The van der Waals surface area contributed by atoms with E-state index in [1.165, 1.54) is 0 Å². The fraction of sp³-hybridized carbons (Fsp3) is 0.286. The molecule has 0 N–H and O–H groups in total. The molecule has 2 rings (SSSR count). The monoisotopic (exact) mass is 226 g/mol. The Hall–Kier alpha value is -1.21. The van der Waals surface area contributed by atoms with E-state index in [1.54, 1.807) is 13.1 Å². The lowest BCUT2D eigenvalue weighted by Crippen LogP contribution is -2.03. The van der Waals surface area contributed by atoms with Crippen LogP contribution in [-0.4, -0.2) is 24.1 Å². The highest BCUT2D eigenvalue weighted by Gasteiger charge is 2.14. The van der Waals surface area contributed by atoms with Gasteiger partial charge in [0.15, 0.2) is 5.78 Å². The van der Waals surface area contributed by atoms with E-state index in [1.807, 2.05) is 0 Å². The standard InChI is InChI=1S/C7H6N4OS2/c1-4-7(13-11-9-4)6(12)2-5-3-8-14-10-5/h3H,2H2,1H3. The van der Waals surface area contributed by atoms with E-state index in [0.717, 1.165) is 23.3 Å². The zero-order valence-electron chi connectivity index (χ0n) is 7.30. The molecule has 72 valence electrons. The molecular weight excluding hydrogens is 220 g/mol. The van der Waals surface area contributed by atoms with E-state index in [4.69, 9.17) is 0 Å². The fourth-order valence-corrected chi connectivity index (χ4v) is 2.02. The first-order valence-electron chi connectivity index (χ1n) is 3.86. The third-order valence-electron chi connectivity index (χ3n) is 1.65. The largest absolute Gasteiger partial charge is 0.293 e. The SMILES string of the molecule is Cc1nnsc1C(=O)Cc1cnsn1. The minimum absolute atomic E-state index is 0.00481. The van der Waals surface area contributed by atoms with Gasteiger partial charge in [0.05, 0.1) is 35.7 Å². The van der Waals surface area contributed by atoms with Crippen LogP contribution in [0.1, 0.15) is 21.1 Å². The summed E-state index contributed by atoms with van der Waals surface area (Å²) in [5.74, 6) is 0.00481. The first-order valence-corrected chi connectivity index (χ1v) is 5.36. The molecule has 5 nitrogen and oxygen atoms in total. The lowest BCUT2D eigenvalue weighted by Gasteiger charge is -1.92. The summed E-state index contributed by atoms with van der Waals surface area (Å²) in [7, 11) is 0. The van der Waals surface area contributed by atoms with Crippen LogP contribution < -0.4 is 0 Å². The lowest BCUT2D eigenvalue weighted by molar-refractivity contribution is 0.0995. The molecule has 0 aliphatic carbocycles. The number of nitrogens with zero attached hydrogens (tertiary/aromatic N) is 4. The molecule has 0 bridgehead atoms. The number of aryl methyl sites for hydroxylation is 1. The Morgan fingerprint density at radius 2 is 2.43 bits per heavy atom. The summed E-state index contributed by atoms with van der Waals surface area (Å²) < 4.78 is 11.5. The summed E-state index contributed by atoms with van der Waals surface area (Å²) >= 11 is 2.23. The third kappa shape index (κ3) is 1.83. The van der Waals surface area contributed by atoms with Crippen molar-refractivity contribution in [2.75, 3.05) is 0 Å². The van der Waals surface area contributed by atoms with E-state index < -0.39 is 0 Å². The van der Waals surface area contributed by atoms with Crippen LogP contribution in [-0.2, 0) is 6.42 Å². The first kappa shape index (κ1) is 9.35. The maximum absolute atomic E-state index is 11.7. The van der Waals surface area contributed by atoms with Crippen LogP contribution in [0.15, 0.2) is 6.20 Å². The molecule has 0 saturated heterocycles. The second-order valence-electron chi connectivity index (χ2n) is 2.69. The zero-order chi connectivity index (χ0) is 9.97. The second kappa shape index (κ2) is 3.89. The molecule has 2 aromatic heterocycles.